The molecule has 1 atom stereocenters. The van der Waals surface area contributed by atoms with Crippen LogP contribution in [0.25, 0.3) is 0 Å². The van der Waals surface area contributed by atoms with Gasteiger partial charge in [-0.05, 0) is 54.2 Å². The zero-order chi connectivity index (χ0) is 32.9. The standard InChI is InChI=1S/C29H31Cl2F2N3O8S/c1-35(13-18-6-8-24(41-2)23(10-18)34-45(3,39)40)29(37)44-26(12-20-21(30)14-36(38)15-22(20)31)19-7-9-25(43-28(32)33)27(11-19)42-16-17-4-5-17/h6-11,14-15,17,26,28,34H,4-5,12-13,16H2,1-3H3. The smallest absolute Gasteiger partial charge is 0.410 e. The summed E-state index contributed by atoms with van der Waals surface area (Å²) in [5.74, 6) is 0.449. The highest BCUT2D eigenvalue weighted by molar-refractivity contribution is 7.92. The first kappa shape index (κ1) is 34.1. The van der Waals surface area contributed by atoms with Gasteiger partial charge in [0.15, 0.2) is 23.9 Å². The molecule has 1 saturated carbocycles. The van der Waals surface area contributed by atoms with Crippen LogP contribution in [-0.4, -0.2) is 53.0 Å². The van der Waals surface area contributed by atoms with Gasteiger partial charge in [0.1, 0.15) is 21.9 Å². The Morgan fingerprint density at radius 2 is 1.78 bits per heavy atom. The first-order chi connectivity index (χ1) is 21.2. The molecule has 1 amide bonds. The van der Waals surface area contributed by atoms with Gasteiger partial charge in [-0.1, -0.05) is 35.3 Å². The van der Waals surface area contributed by atoms with Crippen molar-refractivity contribution in [3.05, 3.63) is 80.7 Å². The van der Waals surface area contributed by atoms with Crippen LogP contribution < -0.4 is 23.7 Å². The number of hydrogen-bond donors (Lipinski definition) is 1. The van der Waals surface area contributed by atoms with Crippen molar-refractivity contribution in [3.63, 3.8) is 0 Å². The van der Waals surface area contributed by atoms with Gasteiger partial charge in [0.25, 0.3) is 0 Å². The first-order valence-electron chi connectivity index (χ1n) is 13.6. The first-order valence-corrected chi connectivity index (χ1v) is 16.2. The topological polar surface area (TPSA) is 130 Å². The summed E-state index contributed by atoms with van der Waals surface area (Å²) >= 11 is 12.6. The summed E-state index contributed by atoms with van der Waals surface area (Å²) in [6, 6.07) is 8.92. The lowest BCUT2D eigenvalue weighted by atomic mass is 10.0. The molecule has 0 bridgehead atoms. The summed E-state index contributed by atoms with van der Waals surface area (Å²) in [6.07, 6.45) is 3.18. The van der Waals surface area contributed by atoms with E-state index < -0.39 is 28.8 Å². The van der Waals surface area contributed by atoms with Gasteiger partial charge in [-0.15, -0.1) is 0 Å². The number of benzene rings is 2. The fourth-order valence-electron chi connectivity index (χ4n) is 4.34. The minimum absolute atomic E-state index is 0.00787. The van der Waals surface area contributed by atoms with E-state index in [0.717, 1.165) is 31.5 Å². The molecule has 244 valence electrons. The molecular weight excluding hydrogens is 659 g/mol. The summed E-state index contributed by atoms with van der Waals surface area (Å²) in [5.41, 5.74) is 1.41. The second-order valence-corrected chi connectivity index (χ2v) is 13.0. The average molecular weight is 691 g/mol. The number of anilines is 1. The van der Waals surface area contributed by atoms with Gasteiger partial charge in [0.05, 0.1) is 25.7 Å². The Labute approximate surface area is 269 Å². The van der Waals surface area contributed by atoms with E-state index in [9.17, 15) is 27.2 Å². The molecular formula is C29H31Cl2F2N3O8S. The van der Waals surface area contributed by atoms with Crippen LogP contribution in [-0.2, 0) is 27.7 Å². The molecule has 0 spiro atoms. The van der Waals surface area contributed by atoms with Crippen molar-refractivity contribution in [3.8, 4) is 17.2 Å². The number of halogens is 4. The maximum absolute atomic E-state index is 13.4. The number of nitrogens with zero attached hydrogens (tertiary/aromatic N) is 2. The van der Waals surface area contributed by atoms with Crippen LogP contribution in [0.2, 0.25) is 10.0 Å². The number of nitrogens with one attached hydrogen (secondary N) is 1. The third-order valence-electron chi connectivity index (χ3n) is 6.71. The van der Waals surface area contributed by atoms with E-state index in [-0.39, 0.29) is 45.9 Å². The number of hydrogen-bond acceptors (Lipinski definition) is 8. The lowest BCUT2D eigenvalue weighted by Gasteiger charge is -2.25. The van der Waals surface area contributed by atoms with E-state index in [4.69, 9.17) is 37.4 Å². The van der Waals surface area contributed by atoms with Crippen molar-refractivity contribution in [2.24, 2.45) is 5.92 Å². The largest absolute Gasteiger partial charge is 0.619 e. The van der Waals surface area contributed by atoms with Gasteiger partial charge in [-0.2, -0.15) is 13.5 Å². The van der Waals surface area contributed by atoms with Gasteiger partial charge in [-0.3, -0.25) is 4.72 Å². The molecule has 1 aromatic heterocycles. The van der Waals surface area contributed by atoms with Gasteiger partial charge in [0.2, 0.25) is 10.0 Å². The lowest BCUT2D eigenvalue weighted by molar-refractivity contribution is -0.605. The Morgan fingerprint density at radius 1 is 1.11 bits per heavy atom. The Hall–Kier alpha value is -3.75. The number of pyridine rings is 1. The predicted molar refractivity (Wildman–Crippen MR) is 163 cm³/mol. The molecule has 1 aliphatic carbocycles. The van der Waals surface area contributed by atoms with Crippen molar-refractivity contribution in [2.75, 3.05) is 31.7 Å². The van der Waals surface area contributed by atoms with Crippen molar-refractivity contribution >= 4 is 45.0 Å². The maximum Gasteiger partial charge on any atom is 0.410 e. The summed E-state index contributed by atoms with van der Waals surface area (Å²) in [7, 11) is -0.752. The van der Waals surface area contributed by atoms with Crippen LogP contribution >= 0.6 is 23.2 Å². The molecule has 0 aliphatic heterocycles. The fourth-order valence-corrected chi connectivity index (χ4v) is 5.50. The predicted octanol–water partition coefficient (Wildman–Crippen LogP) is 5.95. The third kappa shape index (κ3) is 9.87. The van der Waals surface area contributed by atoms with Gasteiger partial charge < -0.3 is 29.1 Å². The van der Waals surface area contributed by atoms with Crippen LogP contribution in [0.4, 0.5) is 19.3 Å². The molecule has 1 fully saturated rings. The van der Waals surface area contributed by atoms with E-state index in [1.807, 2.05) is 0 Å². The van der Waals surface area contributed by atoms with E-state index in [2.05, 4.69) is 9.46 Å². The summed E-state index contributed by atoms with van der Waals surface area (Å²) < 4.78 is 74.2. The zero-order valence-electron chi connectivity index (χ0n) is 24.5. The number of rotatable bonds is 14. The number of methoxy groups -OCH3 is 1. The number of sulfonamides is 1. The third-order valence-corrected chi connectivity index (χ3v) is 7.95. The Kier molecular flexibility index (Phi) is 11.0. The highest BCUT2D eigenvalue weighted by Gasteiger charge is 2.27. The number of aromatic nitrogens is 1. The Balaban J connectivity index is 1.62. The average Bonchev–Trinajstić information content (AvgIpc) is 3.77. The van der Waals surface area contributed by atoms with Crippen LogP contribution in [0.1, 0.15) is 35.6 Å². The summed E-state index contributed by atoms with van der Waals surface area (Å²) in [5, 5.41) is 11.9. The van der Waals surface area contributed by atoms with E-state index in [1.54, 1.807) is 12.1 Å². The van der Waals surface area contributed by atoms with E-state index >= 15 is 0 Å². The van der Waals surface area contributed by atoms with Crippen LogP contribution in [0, 0.1) is 11.1 Å². The zero-order valence-corrected chi connectivity index (χ0v) is 26.8. The normalized spacial score (nSPS) is 13.7. The van der Waals surface area contributed by atoms with Crippen LogP contribution in [0.3, 0.4) is 0 Å². The Bertz CT molecular complexity index is 1620. The summed E-state index contributed by atoms with van der Waals surface area (Å²) in [6.45, 7) is -2.78. The maximum atomic E-state index is 13.4. The number of amides is 1. The molecule has 1 heterocycles. The van der Waals surface area contributed by atoms with Crippen LogP contribution in [0.15, 0.2) is 48.8 Å². The Morgan fingerprint density at radius 3 is 2.38 bits per heavy atom. The van der Waals surface area contributed by atoms with Gasteiger partial charge in [0, 0.05) is 25.6 Å². The fraction of sp³-hybridized carbons (Fsp3) is 0.379. The SMILES string of the molecule is COc1ccc(CN(C)C(=O)OC(Cc2c(Cl)c[n+]([O-])cc2Cl)c2ccc(OC(F)F)c(OCC3CC3)c2)cc1NS(C)(=O)=O. The molecule has 45 heavy (non-hydrogen) atoms. The van der Waals surface area contributed by atoms with Crippen molar-refractivity contribution in [2.45, 2.75) is 38.5 Å². The molecule has 1 unspecified atom stereocenters. The lowest BCUT2D eigenvalue weighted by Crippen LogP contribution is -2.29. The van der Waals surface area contributed by atoms with E-state index in [1.165, 1.54) is 43.3 Å². The quantitative estimate of drug-likeness (QED) is 0.162. The molecule has 2 aromatic carbocycles. The molecule has 11 nitrogen and oxygen atoms in total. The van der Waals surface area contributed by atoms with Gasteiger partial charge >= 0.3 is 12.7 Å². The molecule has 4 rings (SSSR count). The molecule has 0 radical (unpaired) electrons. The minimum Gasteiger partial charge on any atom is -0.619 e. The number of alkyl halides is 2. The number of carbonyl (C=O) groups is 1. The van der Waals surface area contributed by atoms with Crippen LogP contribution in [0.5, 0.6) is 17.2 Å². The second-order valence-electron chi connectivity index (χ2n) is 10.5. The van der Waals surface area contributed by atoms with Crippen molar-refractivity contribution < 1.29 is 45.7 Å². The molecule has 16 heteroatoms. The van der Waals surface area contributed by atoms with E-state index in [0.29, 0.717) is 33.9 Å². The number of ether oxygens (including phenoxy) is 4. The monoisotopic (exact) mass is 689 g/mol. The molecule has 1 N–H and O–H groups in total. The van der Waals surface area contributed by atoms with Crippen molar-refractivity contribution in [1.29, 1.82) is 0 Å². The molecule has 3 aromatic rings. The van der Waals surface area contributed by atoms with Crippen molar-refractivity contribution in [1.82, 2.24) is 4.90 Å². The highest BCUT2D eigenvalue weighted by Crippen LogP contribution is 2.38. The highest BCUT2D eigenvalue weighted by atomic mass is 35.5. The minimum atomic E-state index is -3.62. The summed E-state index contributed by atoms with van der Waals surface area (Å²) in [4.78, 5) is 14.6. The second kappa shape index (κ2) is 14.6. The molecule has 1 aliphatic rings. The van der Waals surface area contributed by atoms with Gasteiger partial charge in [-0.25, -0.2) is 13.2 Å². The molecule has 0 saturated heterocycles. The number of carbonyl (C=O) groups excluding carboxylic acids is 1.